The maximum Gasteiger partial charge on any atom is 0.255 e. The van der Waals surface area contributed by atoms with E-state index in [4.69, 9.17) is 5.73 Å². The molecular formula is C30H36N2O8. The molecule has 214 valence electrons. The van der Waals surface area contributed by atoms with Gasteiger partial charge in [-0.25, -0.2) is 0 Å². The fourth-order valence-electron chi connectivity index (χ4n) is 7.41. The second kappa shape index (κ2) is 9.85. The zero-order valence-electron chi connectivity index (χ0n) is 22.9. The van der Waals surface area contributed by atoms with E-state index in [2.05, 4.69) is 6.92 Å². The summed E-state index contributed by atoms with van der Waals surface area (Å²) in [4.78, 5) is 54.2. The van der Waals surface area contributed by atoms with Crippen molar-refractivity contribution in [2.24, 2.45) is 29.4 Å². The predicted molar refractivity (Wildman–Crippen MR) is 144 cm³/mol. The second-order valence-corrected chi connectivity index (χ2v) is 12.2. The van der Waals surface area contributed by atoms with Gasteiger partial charge in [0.1, 0.15) is 22.8 Å². The number of primary amides is 1. The van der Waals surface area contributed by atoms with Gasteiger partial charge in [-0.2, -0.15) is 0 Å². The standard InChI is InChI=1S/C30H36N2O8/c1-13-4-6-14(7-5-13)10-20(34)16-8-9-19(33)22-17(16)11-15-12-18-24(32(2)3)26(36)23(29(31)39)28(38)30(18,40)27(37)21(15)25(22)35/h8-9,13-15,18,24,33,35,38,40H,4-7,10-12H2,1-3H3,(H2,31,39)/t13?,14?,15-,18-,24-,30-/m1/s1. The Morgan fingerprint density at radius 2 is 1.73 bits per heavy atom. The molecule has 2 saturated carbocycles. The molecule has 4 atom stereocenters. The fraction of sp³-hybridized carbons (Fsp3) is 0.533. The average Bonchev–Trinajstić information content (AvgIpc) is 2.87. The molecule has 1 aromatic carbocycles. The number of rotatable bonds is 5. The molecule has 0 aromatic heterocycles. The van der Waals surface area contributed by atoms with Gasteiger partial charge < -0.3 is 26.2 Å². The van der Waals surface area contributed by atoms with Crippen molar-refractivity contribution in [1.29, 1.82) is 0 Å². The van der Waals surface area contributed by atoms with Gasteiger partial charge in [0, 0.05) is 23.5 Å². The number of Topliss-reactive ketones (excluding diaryl/α,β-unsaturated/α-hetero) is 3. The first-order valence-electron chi connectivity index (χ1n) is 13.8. The number of aliphatic hydroxyl groups excluding tert-OH is 2. The highest BCUT2D eigenvalue weighted by Gasteiger charge is 2.64. The summed E-state index contributed by atoms with van der Waals surface area (Å²) in [5, 5.41) is 44.7. The number of aliphatic hydroxyl groups is 3. The van der Waals surface area contributed by atoms with Gasteiger partial charge in [0.05, 0.1) is 11.6 Å². The third-order valence-electron chi connectivity index (χ3n) is 9.51. The Labute approximate surface area is 232 Å². The van der Waals surface area contributed by atoms with Crippen LogP contribution in [0.15, 0.2) is 29.0 Å². The van der Waals surface area contributed by atoms with Crippen LogP contribution in [0.1, 0.15) is 66.9 Å². The van der Waals surface area contributed by atoms with Crippen LogP contribution in [0.2, 0.25) is 0 Å². The summed E-state index contributed by atoms with van der Waals surface area (Å²) in [7, 11) is 3.10. The first kappa shape index (κ1) is 28.0. The van der Waals surface area contributed by atoms with Gasteiger partial charge in [-0.05, 0) is 75.2 Å². The number of hydrogen-bond acceptors (Lipinski definition) is 9. The van der Waals surface area contributed by atoms with E-state index in [1.54, 1.807) is 20.2 Å². The molecule has 2 fully saturated rings. The van der Waals surface area contributed by atoms with Crippen molar-refractivity contribution in [3.8, 4) is 5.75 Å². The molecular weight excluding hydrogens is 516 g/mol. The van der Waals surface area contributed by atoms with E-state index in [1.165, 1.54) is 11.0 Å². The normalized spacial score (nSPS) is 32.1. The van der Waals surface area contributed by atoms with E-state index in [-0.39, 0.29) is 41.4 Å². The van der Waals surface area contributed by atoms with E-state index in [9.17, 15) is 39.6 Å². The van der Waals surface area contributed by atoms with Crippen LogP contribution in [0.25, 0.3) is 5.76 Å². The summed E-state index contributed by atoms with van der Waals surface area (Å²) in [6, 6.07) is 1.69. The molecule has 10 heteroatoms. The minimum absolute atomic E-state index is 0.0183. The number of phenolic OH excluding ortho intramolecular Hbond substituents is 1. The molecule has 0 radical (unpaired) electrons. The second-order valence-electron chi connectivity index (χ2n) is 12.2. The van der Waals surface area contributed by atoms with Crippen LogP contribution in [-0.4, -0.2) is 74.3 Å². The van der Waals surface area contributed by atoms with Crippen molar-refractivity contribution in [3.05, 3.63) is 45.7 Å². The zero-order chi connectivity index (χ0) is 29.3. The molecule has 0 bridgehead atoms. The van der Waals surface area contributed by atoms with Gasteiger partial charge in [0.15, 0.2) is 17.2 Å². The molecule has 0 unspecified atom stereocenters. The Hall–Kier alpha value is -3.50. The highest BCUT2D eigenvalue weighted by molar-refractivity contribution is 6.24. The lowest BCUT2D eigenvalue weighted by Gasteiger charge is -2.50. The smallest absolute Gasteiger partial charge is 0.255 e. The van der Waals surface area contributed by atoms with E-state index in [0.717, 1.165) is 25.7 Å². The molecule has 40 heavy (non-hydrogen) atoms. The molecule has 1 amide bonds. The van der Waals surface area contributed by atoms with Crippen LogP contribution in [0.3, 0.4) is 0 Å². The maximum atomic E-state index is 13.9. The predicted octanol–water partition coefficient (Wildman–Crippen LogP) is 2.36. The van der Waals surface area contributed by atoms with Crippen molar-refractivity contribution >= 4 is 29.0 Å². The minimum Gasteiger partial charge on any atom is -0.508 e. The van der Waals surface area contributed by atoms with Crippen LogP contribution in [-0.2, 0) is 20.8 Å². The summed E-state index contributed by atoms with van der Waals surface area (Å²) >= 11 is 0. The quantitative estimate of drug-likeness (QED) is 0.271. The Morgan fingerprint density at radius 1 is 1.07 bits per heavy atom. The Morgan fingerprint density at radius 3 is 2.33 bits per heavy atom. The Kier molecular flexibility index (Phi) is 6.90. The van der Waals surface area contributed by atoms with Crippen LogP contribution < -0.4 is 5.73 Å². The van der Waals surface area contributed by atoms with Crippen LogP contribution in [0.5, 0.6) is 5.75 Å². The summed E-state index contributed by atoms with van der Waals surface area (Å²) in [6.45, 7) is 2.21. The van der Waals surface area contributed by atoms with Gasteiger partial charge >= 0.3 is 0 Å². The van der Waals surface area contributed by atoms with Crippen molar-refractivity contribution in [2.75, 3.05) is 14.1 Å². The van der Waals surface area contributed by atoms with Gasteiger partial charge in [-0.1, -0.05) is 19.8 Å². The largest absolute Gasteiger partial charge is 0.508 e. The first-order chi connectivity index (χ1) is 18.8. The molecule has 4 aliphatic rings. The van der Waals surface area contributed by atoms with E-state index in [0.29, 0.717) is 23.5 Å². The number of benzene rings is 1. The molecule has 0 spiro atoms. The van der Waals surface area contributed by atoms with Gasteiger partial charge in [-0.15, -0.1) is 0 Å². The number of aromatic hydroxyl groups is 1. The zero-order valence-corrected chi connectivity index (χ0v) is 22.9. The average molecular weight is 553 g/mol. The van der Waals surface area contributed by atoms with Crippen molar-refractivity contribution < 1.29 is 39.6 Å². The number of likely N-dealkylation sites (N-methyl/N-ethyl adjacent to an activating group) is 1. The third kappa shape index (κ3) is 4.07. The molecule has 0 heterocycles. The van der Waals surface area contributed by atoms with Crippen LogP contribution in [0, 0.1) is 23.7 Å². The number of fused-ring (bicyclic) bond motifs is 3. The molecule has 4 aliphatic carbocycles. The lowest BCUT2D eigenvalue weighted by molar-refractivity contribution is -0.153. The highest BCUT2D eigenvalue weighted by atomic mass is 16.3. The number of ketones is 3. The molecule has 5 rings (SSSR count). The summed E-state index contributed by atoms with van der Waals surface area (Å²) in [6.07, 6.45) is 4.49. The number of hydrogen-bond donors (Lipinski definition) is 5. The van der Waals surface area contributed by atoms with Crippen molar-refractivity contribution in [3.63, 3.8) is 0 Å². The van der Waals surface area contributed by atoms with Crippen molar-refractivity contribution in [1.82, 2.24) is 4.90 Å². The van der Waals surface area contributed by atoms with Crippen molar-refractivity contribution in [2.45, 2.75) is 63.5 Å². The van der Waals surface area contributed by atoms with E-state index in [1.807, 2.05) is 0 Å². The molecule has 10 nitrogen and oxygen atoms in total. The third-order valence-corrected chi connectivity index (χ3v) is 9.51. The van der Waals surface area contributed by atoms with Gasteiger partial charge in [-0.3, -0.25) is 24.1 Å². The van der Waals surface area contributed by atoms with Gasteiger partial charge in [0.25, 0.3) is 5.91 Å². The van der Waals surface area contributed by atoms with Crippen LogP contribution >= 0.6 is 0 Å². The Bertz CT molecular complexity index is 1380. The lowest BCUT2D eigenvalue weighted by atomic mass is 9.57. The van der Waals surface area contributed by atoms with E-state index < -0.39 is 58.0 Å². The fourth-order valence-corrected chi connectivity index (χ4v) is 7.41. The number of phenols is 1. The molecule has 6 N–H and O–H groups in total. The number of carbonyl (C=O) groups excluding carboxylic acids is 4. The molecule has 0 aliphatic heterocycles. The first-order valence-corrected chi connectivity index (χ1v) is 13.8. The summed E-state index contributed by atoms with van der Waals surface area (Å²) in [5.74, 6) is -6.28. The monoisotopic (exact) mass is 552 g/mol. The van der Waals surface area contributed by atoms with Gasteiger partial charge in [0.2, 0.25) is 5.78 Å². The van der Waals surface area contributed by atoms with E-state index >= 15 is 0 Å². The Balaban J connectivity index is 1.60. The number of nitrogens with two attached hydrogens (primary N) is 1. The topological polar surface area (TPSA) is 178 Å². The number of carbonyl (C=O) groups is 4. The summed E-state index contributed by atoms with van der Waals surface area (Å²) < 4.78 is 0. The lowest BCUT2D eigenvalue weighted by Crippen LogP contribution is -2.65. The minimum atomic E-state index is -2.69. The number of nitrogens with zero attached hydrogens (tertiary/aromatic N) is 1. The van der Waals surface area contributed by atoms with Crippen LogP contribution in [0.4, 0.5) is 0 Å². The molecule has 0 saturated heterocycles. The molecule has 1 aromatic rings. The maximum absolute atomic E-state index is 13.9. The number of amides is 1. The summed E-state index contributed by atoms with van der Waals surface area (Å²) in [5.41, 5.74) is 2.31. The highest BCUT2D eigenvalue weighted by Crippen LogP contribution is 2.53. The SMILES string of the molecule is CC1CCC(CC(=O)c2ccc(O)c3c2C[C@@H]2C[C@@H]4[C@@H](N(C)C)C(=O)C(C(N)=O)=C(O)[C@]4(O)C(=O)C2=C3O)CC1.